The predicted octanol–water partition coefficient (Wildman–Crippen LogP) is 3.34. The molecule has 0 aliphatic carbocycles. The van der Waals surface area contributed by atoms with Crippen LogP contribution in [0.2, 0.25) is 5.02 Å². The molecule has 3 aromatic rings. The first kappa shape index (κ1) is 18.7. The Morgan fingerprint density at radius 2 is 2.07 bits per heavy atom. The van der Waals surface area contributed by atoms with Crippen molar-refractivity contribution in [3.8, 4) is 0 Å². The first-order valence-electron chi connectivity index (χ1n) is 9.09. The Hall–Kier alpha value is -2.70. The standard InChI is InChI=1S/C21H20ClN3O3/c1-24(2)9-4-10-25-18(13-5-3-8-23-12-13)17-19(26)15-11-14(22)6-7-16(15)28-20(17)21(25)27/h3,5-8,11-12,18H,4,9-10H2,1-2H3/t18-/m1/s1. The fraction of sp³-hybridized carbons (Fsp3) is 0.286. The second kappa shape index (κ2) is 7.37. The lowest BCUT2D eigenvalue weighted by Crippen LogP contribution is -2.32. The molecule has 0 saturated heterocycles. The van der Waals surface area contributed by atoms with Gasteiger partial charge in [-0.2, -0.15) is 0 Å². The smallest absolute Gasteiger partial charge is 0.290 e. The number of halogens is 1. The van der Waals surface area contributed by atoms with Crippen LogP contribution in [0, 0.1) is 0 Å². The molecule has 144 valence electrons. The van der Waals surface area contributed by atoms with Crippen molar-refractivity contribution in [1.82, 2.24) is 14.8 Å². The molecular weight excluding hydrogens is 378 g/mol. The second-order valence-electron chi connectivity index (χ2n) is 7.16. The largest absolute Gasteiger partial charge is 0.450 e. The molecule has 1 atom stereocenters. The zero-order valence-corrected chi connectivity index (χ0v) is 16.4. The van der Waals surface area contributed by atoms with E-state index in [1.165, 1.54) is 0 Å². The number of fused-ring (bicyclic) bond motifs is 2. The van der Waals surface area contributed by atoms with Gasteiger partial charge < -0.3 is 14.2 Å². The van der Waals surface area contributed by atoms with E-state index >= 15 is 0 Å². The highest BCUT2D eigenvalue weighted by molar-refractivity contribution is 6.31. The van der Waals surface area contributed by atoms with Gasteiger partial charge in [0.25, 0.3) is 5.91 Å². The lowest BCUT2D eigenvalue weighted by Gasteiger charge is -2.25. The van der Waals surface area contributed by atoms with Crippen LogP contribution in [0.15, 0.2) is 51.9 Å². The monoisotopic (exact) mass is 397 g/mol. The van der Waals surface area contributed by atoms with E-state index in [0.717, 1.165) is 18.5 Å². The molecule has 0 unspecified atom stereocenters. The molecule has 1 aliphatic rings. The zero-order valence-electron chi connectivity index (χ0n) is 15.7. The summed E-state index contributed by atoms with van der Waals surface area (Å²) in [4.78, 5) is 34.4. The minimum Gasteiger partial charge on any atom is -0.450 e. The van der Waals surface area contributed by atoms with Gasteiger partial charge in [0, 0.05) is 24.0 Å². The Kier molecular flexibility index (Phi) is 4.91. The Bertz CT molecular complexity index is 1100. The number of hydrogen-bond donors (Lipinski definition) is 0. The summed E-state index contributed by atoms with van der Waals surface area (Å²) in [6.45, 7) is 1.34. The van der Waals surface area contributed by atoms with Gasteiger partial charge in [-0.05, 0) is 56.9 Å². The van der Waals surface area contributed by atoms with Crippen LogP contribution >= 0.6 is 11.6 Å². The van der Waals surface area contributed by atoms with Gasteiger partial charge in [-0.3, -0.25) is 14.6 Å². The maximum Gasteiger partial charge on any atom is 0.290 e. The van der Waals surface area contributed by atoms with Gasteiger partial charge in [0.05, 0.1) is 17.0 Å². The summed E-state index contributed by atoms with van der Waals surface area (Å²) >= 11 is 6.08. The first-order chi connectivity index (χ1) is 13.5. The number of benzene rings is 1. The SMILES string of the molecule is CN(C)CCCN1C(=O)c2oc3ccc(Cl)cc3c(=O)c2[C@H]1c1cccnc1. The molecule has 1 aliphatic heterocycles. The molecule has 6 nitrogen and oxygen atoms in total. The summed E-state index contributed by atoms with van der Waals surface area (Å²) in [6, 6.07) is 8.02. The highest BCUT2D eigenvalue weighted by Crippen LogP contribution is 2.38. The topological polar surface area (TPSA) is 66.7 Å². The van der Waals surface area contributed by atoms with E-state index in [9.17, 15) is 9.59 Å². The summed E-state index contributed by atoms with van der Waals surface area (Å²) in [6.07, 6.45) is 4.14. The molecule has 28 heavy (non-hydrogen) atoms. The zero-order chi connectivity index (χ0) is 19.8. The highest BCUT2D eigenvalue weighted by atomic mass is 35.5. The van der Waals surface area contributed by atoms with Crippen LogP contribution in [0.4, 0.5) is 0 Å². The maximum absolute atomic E-state index is 13.3. The van der Waals surface area contributed by atoms with E-state index in [1.54, 1.807) is 41.6 Å². The second-order valence-corrected chi connectivity index (χ2v) is 7.60. The van der Waals surface area contributed by atoms with Crippen molar-refractivity contribution in [3.05, 3.63) is 74.9 Å². The van der Waals surface area contributed by atoms with Crippen molar-refractivity contribution in [2.24, 2.45) is 0 Å². The van der Waals surface area contributed by atoms with E-state index in [0.29, 0.717) is 28.1 Å². The van der Waals surface area contributed by atoms with Gasteiger partial charge in [0.2, 0.25) is 5.76 Å². The minimum atomic E-state index is -0.516. The van der Waals surface area contributed by atoms with E-state index < -0.39 is 6.04 Å². The Morgan fingerprint density at radius 3 is 2.79 bits per heavy atom. The third-order valence-electron chi connectivity index (χ3n) is 4.93. The number of carbonyl (C=O) groups is 1. The highest BCUT2D eigenvalue weighted by Gasteiger charge is 2.42. The van der Waals surface area contributed by atoms with E-state index in [4.69, 9.17) is 16.0 Å². The fourth-order valence-corrected chi connectivity index (χ4v) is 3.84. The Balaban J connectivity index is 1.88. The molecule has 7 heteroatoms. The number of amides is 1. The maximum atomic E-state index is 13.3. The average molecular weight is 398 g/mol. The summed E-state index contributed by atoms with van der Waals surface area (Å²) in [5.41, 5.74) is 1.28. The van der Waals surface area contributed by atoms with Crippen molar-refractivity contribution >= 4 is 28.5 Å². The van der Waals surface area contributed by atoms with Gasteiger partial charge in [-0.25, -0.2) is 0 Å². The van der Waals surface area contributed by atoms with Crippen LogP contribution in [0.1, 0.15) is 34.1 Å². The van der Waals surface area contributed by atoms with Crippen molar-refractivity contribution in [1.29, 1.82) is 0 Å². The molecule has 1 aromatic carbocycles. The van der Waals surface area contributed by atoms with E-state index in [2.05, 4.69) is 9.88 Å². The van der Waals surface area contributed by atoms with Crippen molar-refractivity contribution in [2.75, 3.05) is 27.2 Å². The van der Waals surface area contributed by atoms with Gasteiger partial charge in [-0.1, -0.05) is 17.7 Å². The molecule has 3 heterocycles. The van der Waals surface area contributed by atoms with Crippen LogP contribution < -0.4 is 5.43 Å². The van der Waals surface area contributed by atoms with E-state index in [-0.39, 0.29) is 17.1 Å². The summed E-state index contributed by atoms with van der Waals surface area (Å²) in [5.74, 6) is -0.157. The molecule has 4 rings (SSSR count). The van der Waals surface area contributed by atoms with Crippen LogP contribution in [0.25, 0.3) is 11.0 Å². The van der Waals surface area contributed by atoms with Gasteiger partial charge in [0.1, 0.15) is 5.58 Å². The normalized spacial score (nSPS) is 16.2. The number of carbonyl (C=O) groups excluding carboxylic acids is 1. The van der Waals surface area contributed by atoms with Crippen LogP contribution in [-0.4, -0.2) is 47.9 Å². The molecule has 0 N–H and O–H groups in total. The molecule has 0 fully saturated rings. The van der Waals surface area contributed by atoms with Gasteiger partial charge in [0.15, 0.2) is 5.43 Å². The molecule has 0 radical (unpaired) electrons. The number of rotatable bonds is 5. The lowest BCUT2D eigenvalue weighted by atomic mass is 10.00. The predicted molar refractivity (Wildman–Crippen MR) is 108 cm³/mol. The average Bonchev–Trinajstić information content (AvgIpc) is 2.95. The molecule has 0 saturated carbocycles. The molecule has 0 bridgehead atoms. The van der Waals surface area contributed by atoms with Crippen molar-refractivity contribution in [3.63, 3.8) is 0 Å². The number of hydrogen-bond acceptors (Lipinski definition) is 5. The lowest BCUT2D eigenvalue weighted by molar-refractivity contribution is 0.0722. The van der Waals surface area contributed by atoms with Gasteiger partial charge >= 0.3 is 0 Å². The van der Waals surface area contributed by atoms with Crippen molar-refractivity contribution < 1.29 is 9.21 Å². The summed E-state index contributed by atoms with van der Waals surface area (Å²) < 4.78 is 5.88. The number of aromatic nitrogens is 1. The van der Waals surface area contributed by atoms with Crippen molar-refractivity contribution in [2.45, 2.75) is 12.5 Å². The van der Waals surface area contributed by atoms with Crippen LogP contribution in [0.5, 0.6) is 0 Å². The summed E-state index contributed by atoms with van der Waals surface area (Å²) in [5, 5.41) is 0.827. The quantitative estimate of drug-likeness (QED) is 0.660. The Labute approximate surface area is 167 Å². The third kappa shape index (κ3) is 3.19. The van der Waals surface area contributed by atoms with Gasteiger partial charge in [-0.15, -0.1) is 0 Å². The minimum absolute atomic E-state index is 0.110. The number of nitrogens with zero attached hydrogens (tertiary/aromatic N) is 3. The summed E-state index contributed by atoms with van der Waals surface area (Å²) in [7, 11) is 3.97. The fourth-order valence-electron chi connectivity index (χ4n) is 3.66. The number of pyridine rings is 1. The molecular formula is C21H20ClN3O3. The third-order valence-corrected chi connectivity index (χ3v) is 5.17. The Morgan fingerprint density at radius 1 is 1.25 bits per heavy atom. The van der Waals surface area contributed by atoms with E-state index in [1.807, 2.05) is 20.2 Å². The van der Waals surface area contributed by atoms with Crippen LogP contribution in [-0.2, 0) is 0 Å². The van der Waals surface area contributed by atoms with Crippen LogP contribution in [0.3, 0.4) is 0 Å². The first-order valence-corrected chi connectivity index (χ1v) is 9.47. The molecule has 0 spiro atoms. The molecule has 2 aromatic heterocycles. The molecule has 1 amide bonds.